The van der Waals surface area contributed by atoms with Crippen molar-refractivity contribution in [1.29, 1.82) is 0 Å². The summed E-state index contributed by atoms with van der Waals surface area (Å²) in [5.74, 6) is 0.772. The van der Waals surface area contributed by atoms with E-state index in [9.17, 15) is 4.55 Å². The highest BCUT2D eigenvalue weighted by molar-refractivity contribution is 7.92. The first-order valence-electron chi connectivity index (χ1n) is 2.71. The predicted octanol–water partition coefficient (Wildman–Crippen LogP) is -0.459. The van der Waals surface area contributed by atoms with Crippen LogP contribution >= 0.6 is 0 Å². The number of nitrogens with one attached hydrogen (secondary N) is 1. The van der Waals surface area contributed by atoms with Gasteiger partial charge >= 0.3 is 0 Å². The number of hydrogen-bond acceptors (Lipinski definition) is 2. The zero-order valence-electron chi connectivity index (χ0n) is 4.72. The van der Waals surface area contributed by atoms with E-state index in [0.29, 0.717) is 0 Å². The van der Waals surface area contributed by atoms with Gasteiger partial charge in [-0.15, -0.1) is 0 Å². The zero-order chi connectivity index (χ0) is 5.98. The summed E-state index contributed by atoms with van der Waals surface area (Å²) in [5, 5.41) is 3.22. The van der Waals surface area contributed by atoms with Crippen LogP contribution < -0.4 is 5.32 Å². The molecule has 0 saturated carbocycles. The van der Waals surface area contributed by atoms with E-state index in [4.69, 9.17) is 0 Å². The fourth-order valence-corrected chi connectivity index (χ4v) is 1.68. The van der Waals surface area contributed by atoms with Gasteiger partial charge in [0.15, 0.2) is 0 Å². The Morgan fingerprint density at radius 2 is 2.50 bits per heavy atom. The maximum absolute atomic E-state index is 10.8. The second-order valence-electron chi connectivity index (χ2n) is 1.91. The Kier molecular flexibility index (Phi) is 2.16. The third-order valence-electron chi connectivity index (χ3n) is 1.22. The lowest BCUT2D eigenvalue weighted by Crippen LogP contribution is -2.42. The van der Waals surface area contributed by atoms with Gasteiger partial charge in [0.2, 0.25) is 0 Å². The van der Waals surface area contributed by atoms with Crippen molar-refractivity contribution in [3.63, 3.8) is 0 Å². The van der Waals surface area contributed by atoms with E-state index in [1.807, 2.05) is 0 Å². The minimum atomic E-state index is -0.659. The molecule has 2 unspecified atom stereocenters. The normalized spacial score (nSPS) is 39.8. The first-order valence-corrected chi connectivity index (χ1v) is 4.10. The monoisotopic (exact) mass is 132 g/mol. The molecule has 47 valence electrons. The summed E-state index contributed by atoms with van der Waals surface area (Å²) in [6, 6.07) is 0. The Morgan fingerprint density at radius 3 is 2.88 bits per heavy atom. The molecular weight excluding hydrogens is 122 g/mol. The summed E-state index contributed by atoms with van der Waals surface area (Å²) >= 11 is -0.659. The topological polar surface area (TPSA) is 35.1 Å². The smallest absolute Gasteiger partial charge is 0.128 e. The van der Waals surface area contributed by atoms with E-state index in [-0.39, 0.29) is 5.25 Å². The van der Waals surface area contributed by atoms with Crippen molar-refractivity contribution in [3.05, 3.63) is 6.92 Å². The molecule has 2 atom stereocenters. The Labute approximate surface area is 52.8 Å². The highest BCUT2D eigenvalue weighted by atomic mass is 32.2. The van der Waals surface area contributed by atoms with Gasteiger partial charge in [-0.05, 0) is 11.2 Å². The minimum absolute atomic E-state index is 0.115. The van der Waals surface area contributed by atoms with Crippen LogP contribution in [0.5, 0.6) is 0 Å². The lowest BCUT2D eigenvalue weighted by atomic mass is 10.4. The molecule has 0 amide bonds. The van der Waals surface area contributed by atoms with E-state index < -0.39 is 11.2 Å². The second kappa shape index (κ2) is 2.71. The molecule has 0 aromatic carbocycles. The van der Waals surface area contributed by atoms with Crippen LogP contribution in [0.4, 0.5) is 0 Å². The molecule has 0 aromatic rings. The van der Waals surface area contributed by atoms with Crippen molar-refractivity contribution in [3.8, 4) is 0 Å². The molecule has 1 aliphatic heterocycles. The van der Waals surface area contributed by atoms with Crippen LogP contribution in [-0.4, -0.2) is 28.6 Å². The van der Waals surface area contributed by atoms with Crippen LogP contribution in [-0.2, 0) is 11.2 Å². The Morgan fingerprint density at radius 1 is 1.75 bits per heavy atom. The van der Waals surface area contributed by atoms with Crippen molar-refractivity contribution in [2.75, 3.05) is 18.8 Å². The van der Waals surface area contributed by atoms with E-state index in [2.05, 4.69) is 12.2 Å². The molecule has 2 nitrogen and oxygen atoms in total. The first kappa shape index (κ1) is 6.39. The van der Waals surface area contributed by atoms with E-state index >= 15 is 0 Å². The van der Waals surface area contributed by atoms with Crippen LogP contribution in [0, 0.1) is 6.92 Å². The third-order valence-corrected chi connectivity index (χ3v) is 2.74. The van der Waals surface area contributed by atoms with E-state index in [1.54, 1.807) is 0 Å². The molecular formula is C5H10NOS. The maximum Gasteiger partial charge on any atom is 0.128 e. The minimum Gasteiger partial charge on any atom is -0.616 e. The van der Waals surface area contributed by atoms with E-state index in [0.717, 1.165) is 18.8 Å². The van der Waals surface area contributed by atoms with Crippen LogP contribution in [0.1, 0.15) is 0 Å². The highest BCUT2D eigenvalue weighted by Gasteiger charge is 2.20. The van der Waals surface area contributed by atoms with Gasteiger partial charge in [-0.3, -0.25) is 0 Å². The zero-order valence-corrected chi connectivity index (χ0v) is 5.54. The Hall–Kier alpha value is 0.270. The maximum atomic E-state index is 10.8. The molecule has 1 fully saturated rings. The van der Waals surface area contributed by atoms with Crippen LogP contribution in [0.25, 0.3) is 0 Å². The van der Waals surface area contributed by atoms with Gasteiger partial charge in [0.05, 0.1) is 0 Å². The Bertz CT molecular complexity index is 68.8. The van der Waals surface area contributed by atoms with Gasteiger partial charge in [-0.1, -0.05) is 0 Å². The molecule has 8 heavy (non-hydrogen) atoms. The molecule has 1 saturated heterocycles. The van der Waals surface area contributed by atoms with Crippen molar-refractivity contribution in [2.45, 2.75) is 5.25 Å². The molecule has 1 rings (SSSR count). The predicted molar refractivity (Wildman–Crippen MR) is 35.0 cm³/mol. The average molecular weight is 132 g/mol. The van der Waals surface area contributed by atoms with Crippen molar-refractivity contribution < 1.29 is 4.55 Å². The Balaban J connectivity index is 2.28. The van der Waals surface area contributed by atoms with Crippen LogP contribution in [0.3, 0.4) is 0 Å². The second-order valence-corrected chi connectivity index (χ2v) is 3.75. The third kappa shape index (κ3) is 1.37. The SMILES string of the molecule is [CH2]C1CNCC[S+]1[O-]. The number of rotatable bonds is 0. The molecule has 0 spiro atoms. The van der Waals surface area contributed by atoms with Gasteiger partial charge in [0.1, 0.15) is 11.0 Å². The molecule has 0 bridgehead atoms. The quantitative estimate of drug-likeness (QED) is 0.453. The molecule has 3 heteroatoms. The average Bonchev–Trinajstić information content (AvgIpc) is 1.77. The summed E-state index contributed by atoms with van der Waals surface area (Å²) in [6.45, 7) is 5.42. The van der Waals surface area contributed by atoms with Gasteiger partial charge in [-0.2, -0.15) is 0 Å². The summed E-state index contributed by atoms with van der Waals surface area (Å²) in [5.41, 5.74) is 0. The van der Waals surface area contributed by atoms with Crippen LogP contribution in [0.15, 0.2) is 0 Å². The molecule has 0 aromatic heterocycles. The van der Waals surface area contributed by atoms with Gasteiger partial charge in [-0.25, -0.2) is 0 Å². The van der Waals surface area contributed by atoms with E-state index in [1.165, 1.54) is 0 Å². The largest absolute Gasteiger partial charge is 0.616 e. The molecule has 0 aliphatic carbocycles. The highest BCUT2D eigenvalue weighted by Crippen LogP contribution is 2.02. The fourth-order valence-electron chi connectivity index (χ4n) is 0.695. The number of hydrogen-bond donors (Lipinski definition) is 1. The van der Waals surface area contributed by atoms with Crippen molar-refractivity contribution in [1.82, 2.24) is 5.32 Å². The molecule has 1 aliphatic rings. The summed E-state index contributed by atoms with van der Waals surface area (Å²) in [4.78, 5) is 0. The fraction of sp³-hybridized carbons (Fsp3) is 0.800. The molecule has 1 radical (unpaired) electrons. The lowest BCUT2D eigenvalue weighted by Gasteiger charge is -2.23. The first-order chi connectivity index (χ1) is 3.80. The summed E-state index contributed by atoms with van der Waals surface area (Å²) < 4.78 is 10.8. The van der Waals surface area contributed by atoms with Crippen molar-refractivity contribution >= 4 is 11.2 Å². The molecule has 1 heterocycles. The molecule has 1 N–H and O–H groups in total. The van der Waals surface area contributed by atoms with Crippen molar-refractivity contribution in [2.24, 2.45) is 0 Å². The van der Waals surface area contributed by atoms with Gasteiger partial charge in [0.25, 0.3) is 0 Å². The standard InChI is InChI=1S/C5H10NOS/c1-5-4-6-2-3-8(5)7/h5-6H,1-4H2. The van der Waals surface area contributed by atoms with Gasteiger partial charge in [0, 0.05) is 20.0 Å². The van der Waals surface area contributed by atoms with Crippen LogP contribution in [0.2, 0.25) is 0 Å². The summed E-state index contributed by atoms with van der Waals surface area (Å²) in [6.07, 6.45) is 0. The lowest BCUT2D eigenvalue weighted by molar-refractivity contribution is 0.562. The summed E-state index contributed by atoms with van der Waals surface area (Å²) in [7, 11) is 0. The van der Waals surface area contributed by atoms with Gasteiger partial charge < -0.3 is 9.87 Å².